The lowest BCUT2D eigenvalue weighted by atomic mass is 10.1. The number of allylic oxidation sites excluding steroid dienone is 1. The number of ether oxygens (including phenoxy) is 4. The molecule has 0 unspecified atom stereocenters. The van der Waals surface area contributed by atoms with Gasteiger partial charge in [-0.3, -0.25) is 4.79 Å². The maximum atomic E-state index is 12.4. The van der Waals surface area contributed by atoms with Crippen LogP contribution in [0.4, 0.5) is 5.69 Å². The Hall–Kier alpha value is -3.91. The maximum absolute atomic E-state index is 12.4. The fourth-order valence-electron chi connectivity index (χ4n) is 3.32. The molecule has 0 aliphatic carbocycles. The summed E-state index contributed by atoms with van der Waals surface area (Å²) in [6, 6.07) is 13.0. The molecular formula is C28H30N2O5S. The lowest BCUT2D eigenvalue weighted by Gasteiger charge is -2.12. The van der Waals surface area contributed by atoms with Gasteiger partial charge in [0.2, 0.25) is 5.88 Å². The molecule has 0 aliphatic rings. The van der Waals surface area contributed by atoms with Crippen molar-refractivity contribution < 1.29 is 23.7 Å². The van der Waals surface area contributed by atoms with E-state index in [1.807, 2.05) is 60.9 Å². The summed E-state index contributed by atoms with van der Waals surface area (Å²) in [6.45, 7) is 1.98. The number of thioether (sulfide) groups is 1. The predicted molar refractivity (Wildman–Crippen MR) is 145 cm³/mol. The quantitative estimate of drug-likeness (QED) is 0.232. The second-order valence-corrected chi connectivity index (χ2v) is 8.56. The third-order valence-corrected chi connectivity index (χ3v) is 6.07. The number of carbonyl (C=O) groups is 1. The van der Waals surface area contributed by atoms with Gasteiger partial charge in [-0.2, -0.15) is 0 Å². The Kier molecular flexibility index (Phi) is 9.82. The summed E-state index contributed by atoms with van der Waals surface area (Å²) < 4.78 is 21.6. The molecule has 0 fully saturated rings. The van der Waals surface area contributed by atoms with Gasteiger partial charge in [-0.25, -0.2) is 4.98 Å². The minimum absolute atomic E-state index is 0.0874. The Labute approximate surface area is 216 Å². The molecule has 0 saturated carbocycles. The molecule has 3 rings (SSSR count). The summed E-state index contributed by atoms with van der Waals surface area (Å²) >= 11 is 1.60. The van der Waals surface area contributed by atoms with E-state index in [-0.39, 0.29) is 5.78 Å². The van der Waals surface area contributed by atoms with Gasteiger partial charge in [0.05, 0.1) is 34.0 Å². The SMILES string of the molecule is COc1cc(OC)c(/C=C/SCc2cnc(OC)c(N/C=C/C(=O)c3ccc(C)cc3)c2)c(OC)c1. The maximum Gasteiger partial charge on any atom is 0.237 e. The van der Waals surface area contributed by atoms with Crippen LogP contribution < -0.4 is 24.3 Å². The van der Waals surface area contributed by atoms with E-state index >= 15 is 0 Å². The van der Waals surface area contributed by atoms with E-state index in [4.69, 9.17) is 18.9 Å². The number of nitrogens with zero attached hydrogens (tertiary/aromatic N) is 1. The summed E-state index contributed by atoms with van der Waals surface area (Å²) in [5, 5.41) is 5.09. The lowest BCUT2D eigenvalue weighted by molar-refractivity contribution is 0.104. The molecule has 1 heterocycles. The van der Waals surface area contributed by atoms with Crippen LogP contribution >= 0.6 is 11.8 Å². The first-order chi connectivity index (χ1) is 17.5. The molecule has 0 spiro atoms. The molecule has 0 aliphatic heterocycles. The van der Waals surface area contributed by atoms with Crippen LogP contribution in [0.3, 0.4) is 0 Å². The van der Waals surface area contributed by atoms with Crippen molar-refractivity contribution in [2.75, 3.05) is 33.8 Å². The van der Waals surface area contributed by atoms with E-state index in [0.29, 0.717) is 40.1 Å². The van der Waals surface area contributed by atoms with Crippen LogP contribution in [-0.2, 0) is 5.75 Å². The van der Waals surface area contributed by atoms with Crippen LogP contribution in [0.2, 0.25) is 0 Å². The first kappa shape index (κ1) is 26.7. The Morgan fingerprint density at radius 2 is 1.67 bits per heavy atom. The molecule has 0 bridgehead atoms. The largest absolute Gasteiger partial charge is 0.496 e. The molecule has 0 amide bonds. The van der Waals surface area contributed by atoms with Crippen LogP contribution in [0.1, 0.15) is 27.0 Å². The molecule has 1 aromatic heterocycles. The average molecular weight is 507 g/mol. The van der Waals surface area contributed by atoms with Gasteiger partial charge in [0.25, 0.3) is 0 Å². The molecule has 1 N–H and O–H groups in total. The molecule has 0 saturated heterocycles. The zero-order valence-corrected chi connectivity index (χ0v) is 21.8. The predicted octanol–water partition coefficient (Wildman–Crippen LogP) is 6.14. The van der Waals surface area contributed by atoms with Gasteiger partial charge >= 0.3 is 0 Å². The van der Waals surface area contributed by atoms with Crippen molar-refractivity contribution in [3.8, 4) is 23.1 Å². The number of rotatable bonds is 12. The van der Waals surface area contributed by atoms with Gasteiger partial charge in [-0.15, -0.1) is 11.8 Å². The smallest absolute Gasteiger partial charge is 0.237 e. The van der Waals surface area contributed by atoms with Gasteiger partial charge in [-0.05, 0) is 30.0 Å². The third kappa shape index (κ3) is 7.05. The summed E-state index contributed by atoms with van der Waals surface area (Å²) in [7, 11) is 6.38. The van der Waals surface area contributed by atoms with Crippen molar-refractivity contribution in [2.45, 2.75) is 12.7 Å². The zero-order valence-electron chi connectivity index (χ0n) is 21.0. The molecule has 7 nitrogen and oxygen atoms in total. The number of methoxy groups -OCH3 is 4. The van der Waals surface area contributed by atoms with E-state index < -0.39 is 0 Å². The molecule has 36 heavy (non-hydrogen) atoms. The van der Waals surface area contributed by atoms with Crippen molar-refractivity contribution in [1.29, 1.82) is 0 Å². The lowest BCUT2D eigenvalue weighted by Crippen LogP contribution is -1.99. The van der Waals surface area contributed by atoms with Gasteiger partial charge < -0.3 is 24.3 Å². The summed E-state index contributed by atoms with van der Waals surface area (Å²) in [5.74, 6) is 3.01. The fraction of sp³-hybridized carbons (Fsp3) is 0.214. The number of anilines is 1. The number of hydrogen-bond donors (Lipinski definition) is 1. The van der Waals surface area contributed by atoms with Crippen LogP contribution in [-0.4, -0.2) is 39.2 Å². The highest BCUT2D eigenvalue weighted by Crippen LogP contribution is 2.35. The number of aryl methyl sites for hydroxylation is 1. The Balaban J connectivity index is 1.66. The van der Waals surface area contributed by atoms with Crippen molar-refractivity contribution in [2.24, 2.45) is 0 Å². The van der Waals surface area contributed by atoms with Crippen LogP contribution in [0.5, 0.6) is 23.1 Å². The number of hydrogen-bond acceptors (Lipinski definition) is 8. The third-order valence-electron chi connectivity index (χ3n) is 5.24. The summed E-state index contributed by atoms with van der Waals surface area (Å²) in [4.78, 5) is 16.8. The topological polar surface area (TPSA) is 78.9 Å². The van der Waals surface area contributed by atoms with Gasteiger partial charge in [0, 0.05) is 41.9 Å². The minimum atomic E-state index is -0.0874. The van der Waals surface area contributed by atoms with E-state index in [2.05, 4.69) is 10.3 Å². The monoisotopic (exact) mass is 506 g/mol. The minimum Gasteiger partial charge on any atom is -0.496 e. The van der Waals surface area contributed by atoms with Crippen LogP contribution in [0.15, 0.2) is 66.3 Å². The first-order valence-electron chi connectivity index (χ1n) is 11.1. The van der Waals surface area contributed by atoms with E-state index in [1.165, 1.54) is 6.08 Å². The Morgan fingerprint density at radius 1 is 0.972 bits per heavy atom. The number of pyridine rings is 1. The highest BCUT2D eigenvalue weighted by molar-refractivity contribution is 8.01. The number of ketones is 1. The second kappa shape index (κ2) is 13.3. The van der Waals surface area contributed by atoms with E-state index in [0.717, 1.165) is 16.7 Å². The Morgan fingerprint density at radius 3 is 2.28 bits per heavy atom. The number of nitrogens with one attached hydrogen (secondary N) is 1. The van der Waals surface area contributed by atoms with Gasteiger partial charge in [0.1, 0.15) is 22.9 Å². The highest BCUT2D eigenvalue weighted by Gasteiger charge is 2.11. The molecule has 3 aromatic rings. The summed E-state index contributed by atoms with van der Waals surface area (Å²) in [6.07, 6.45) is 6.79. The van der Waals surface area contributed by atoms with Crippen LogP contribution in [0, 0.1) is 6.92 Å². The highest BCUT2D eigenvalue weighted by atomic mass is 32.2. The molecule has 0 atom stereocenters. The van der Waals surface area contributed by atoms with Gasteiger partial charge in [0.15, 0.2) is 5.78 Å². The van der Waals surface area contributed by atoms with Crippen molar-refractivity contribution in [3.63, 3.8) is 0 Å². The number of aromatic nitrogens is 1. The zero-order chi connectivity index (χ0) is 25.9. The molecule has 2 aromatic carbocycles. The van der Waals surface area contributed by atoms with Crippen molar-refractivity contribution in [1.82, 2.24) is 4.98 Å². The second-order valence-electron chi connectivity index (χ2n) is 7.67. The fourth-order valence-corrected chi connectivity index (χ4v) is 4.00. The molecular weight excluding hydrogens is 476 g/mol. The molecule has 8 heteroatoms. The van der Waals surface area contributed by atoms with E-state index in [1.54, 1.807) is 52.6 Å². The standard InChI is InChI=1S/C28H30N2O5S/c1-19-6-8-21(9-7-19)25(31)10-12-29-24-14-20(17-30-28(24)35-5)18-36-13-11-23-26(33-3)15-22(32-2)16-27(23)34-4/h6-17,29H,18H2,1-5H3/b12-10+,13-11+. The molecule has 188 valence electrons. The van der Waals surface area contributed by atoms with E-state index in [9.17, 15) is 4.79 Å². The average Bonchev–Trinajstić information content (AvgIpc) is 2.91. The normalized spacial score (nSPS) is 11.0. The molecule has 0 radical (unpaired) electrons. The number of benzene rings is 2. The van der Waals surface area contributed by atoms with Crippen molar-refractivity contribution >= 4 is 29.3 Å². The summed E-state index contributed by atoms with van der Waals surface area (Å²) in [5.41, 5.74) is 4.22. The first-order valence-corrected chi connectivity index (χ1v) is 12.2. The van der Waals surface area contributed by atoms with Crippen LogP contribution in [0.25, 0.3) is 6.08 Å². The Bertz CT molecular complexity index is 1210. The van der Waals surface area contributed by atoms with Gasteiger partial charge in [-0.1, -0.05) is 29.8 Å². The number of carbonyl (C=O) groups excluding carboxylic acids is 1. The van der Waals surface area contributed by atoms with Crippen molar-refractivity contribution in [3.05, 3.63) is 88.6 Å².